The van der Waals surface area contributed by atoms with Crippen LogP contribution in [0.4, 0.5) is 0 Å². The zero-order valence-corrected chi connectivity index (χ0v) is 21.2. The minimum absolute atomic E-state index is 0.0367. The summed E-state index contributed by atoms with van der Waals surface area (Å²) in [6.07, 6.45) is 2.28. The zero-order chi connectivity index (χ0) is 26.3. The molecule has 1 aliphatic rings. The number of carbonyl (C=O) groups excluding carboxylic acids is 3. The molecule has 0 spiro atoms. The number of ketones is 1. The molecule has 2 amide bonds. The molecule has 4 aromatic rings. The molecule has 7 nitrogen and oxygen atoms in total. The maximum atomic E-state index is 13.2. The largest absolute Gasteiger partial charge is 0.378 e. The number of fused-ring (bicyclic) bond motifs is 1. The Labute approximate surface area is 222 Å². The van der Waals surface area contributed by atoms with Gasteiger partial charge in [-0.2, -0.15) is 0 Å². The van der Waals surface area contributed by atoms with E-state index in [1.807, 2.05) is 60.7 Å². The average Bonchev–Trinajstić information content (AvgIpc) is 3.34. The normalized spacial score (nSPS) is 13.6. The number of benzene rings is 3. The standard InChI is InChI=1S/C31H31N3O4/c35-29(33-17-19-38-20-18-33)22-34-21-27(26-13-7-8-14-28(26)34)30(36)31(37)32-16-15-25(23-9-3-1-4-10-23)24-11-5-2-6-12-24/h1-14,21,25H,15-20,22H2,(H,32,37). The molecule has 0 atom stereocenters. The van der Waals surface area contributed by atoms with Crippen molar-refractivity contribution in [2.45, 2.75) is 18.9 Å². The van der Waals surface area contributed by atoms with Crippen LogP contribution in [0, 0.1) is 0 Å². The van der Waals surface area contributed by atoms with E-state index in [1.54, 1.807) is 15.7 Å². The number of morpholine rings is 1. The third kappa shape index (κ3) is 5.68. The second kappa shape index (κ2) is 11.9. The molecule has 1 saturated heterocycles. The lowest BCUT2D eigenvalue weighted by molar-refractivity contribution is -0.135. The Hall–Kier alpha value is -4.23. The van der Waals surface area contributed by atoms with Gasteiger partial charge in [0.15, 0.2) is 0 Å². The molecule has 1 aliphatic heterocycles. The molecule has 1 fully saturated rings. The molecule has 3 aromatic carbocycles. The molecule has 2 heterocycles. The van der Waals surface area contributed by atoms with Gasteiger partial charge < -0.3 is 19.5 Å². The first-order chi connectivity index (χ1) is 18.6. The first-order valence-electron chi connectivity index (χ1n) is 13.0. The summed E-state index contributed by atoms with van der Waals surface area (Å²) in [5.41, 5.74) is 3.37. The van der Waals surface area contributed by atoms with E-state index in [-0.39, 0.29) is 18.4 Å². The van der Waals surface area contributed by atoms with E-state index in [4.69, 9.17) is 4.74 Å². The lowest BCUT2D eigenvalue weighted by atomic mass is 9.88. The van der Waals surface area contributed by atoms with Gasteiger partial charge in [-0.25, -0.2) is 0 Å². The quantitative estimate of drug-likeness (QED) is 0.273. The summed E-state index contributed by atoms with van der Waals surface area (Å²) in [4.78, 5) is 40.8. The number of hydrogen-bond donors (Lipinski definition) is 1. The molecule has 7 heteroatoms. The molecule has 0 saturated carbocycles. The minimum atomic E-state index is -0.646. The van der Waals surface area contributed by atoms with Crippen LogP contribution in [0.3, 0.4) is 0 Å². The number of para-hydroxylation sites is 1. The molecule has 0 bridgehead atoms. The Morgan fingerprint density at radius 2 is 1.42 bits per heavy atom. The van der Waals surface area contributed by atoms with Gasteiger partial charge in [-0.15, -0.1) is 0 Å². The Morgan fingerprint density at radius 1 is 0.816 bits per heavy atom. The molecule has 1 aromatic heterocycles. The predicted octanol–water partition coefficient (Wildman–Crippen LogP) is 4.02. The Bertz CT molecular complexity index is 1370. The van der Waals surface area contributed by atoms with Gasteiger partial charge in [0, 0.05) is 42.7 Å². The molecule has 38 heavy (non-hydrogen) atoms. The van der Waals surface area contributed by atoms with E-state index in [2.05, 4.69) is 29.6 Å². The van der Waals surface area contributed by atoms with Crippen LogP contribution in [0.2, 0.25) is 0 Å². The predicted molar refractivity (Wildman–Crippen MR) is 146 cm³/mol. The van der Waals surface area contributed by atoms with E-state index in [1.165, 1.54) is 0 Å². The lowest BCUT2D eigenvalue weighted by Gasteiger charge is -2.27. The van der Waals surface area contributed by atoms with Gasteiger partial charge in [0.1, 0.15) is 6.54 Å². The number of rotatable bonds is 9. The number of carbonyl (C=O) groups is 3. The highest BCUT2D eigenvalue weighted by Crippen LogP contribution is 2.27. The molecule has 0 aliphatic carbocycles. The van der Waals surface area contributed by atoms with E-state index >= 15 is 0 Å². The van der Waals surface area contributed by atoms with Crippen molar-refractivity contribution in [2.75, 3.05) is 32.8 Å². The van der Waals surface area contributed by atoms with Crippen LogP contribution >= 0.6 is 0 Å². The van der Waals surface area contributed by atoms with Crippen LogP contribution in [0.1, 0.15) is 33.8 Å². The monoisotopic (exact) mass is 509 g/mol. The number of hydrogen-bond acceptors (Lipinski definition) is 4. The van der Waals surface area contributed by atoms with E-state index < -0.39 is 11.7 Å². The highest BCUT2D eigenvalue weighted by molar-refractivity contribution is 6.45. The first-order valence-corrected chi connectivity index (χ1v) is 13.0. The molecular formula is C31H31N3O4. The molecule has 1 N–H and O–H groups in total. The molecule has 194 valence electrons. The topological polar surface area (TPSA) is 80.6 Å². The van der Waals surface area contributed by atoms with Crippen molar-refractivity contribution >= 4 is 28.5 Å². The minimum Gasteiger partial charge on any atom is -0.378 e. The van der Waals surface area contributed by atoms with Crippen LogP contribution in [0.5, 0.6) is 0 Å². The summed E-state index contributed by atoms with van der Waals surface area (Å²) in [7, 11) is 0. The molecule has 5 rings (SSSR count). The molecular weight excluding hydrogens is 478 g/mol. The van der Waals surface area contributed by atoms with E-state index in [9.17, 15) is 14.4 Å². The SMILES string of the molecule is O=C(NCCC(c1ccccc1)c1ccccc1)C(=O)c1cn(CC(=O)N2CCOCC2)c2ccccc12. The highest BCUT2D eigenvalue weighted by atomic mass is 16.5. The van der Waals surface area contributed by atoms with Crippen LogP contribution < -0.4 is 5.32 Å². The van der Waals surface area contributed by atoms with Gasteiger partial charge in [0.05, 0.1) is 18.8 Å². The summed E-state index contributed by atoms with van der Waals surface area (Å²) in [5.74, 6) is -1.19. The number of ether oxygens (including phenoxy) is 1. The van der Waals surface area contributed by atoms with E-state index in [0.29, 0.717) is 50.2 Å². The van der Waals surface area contributed by atoms with E-state index in [0.717, 1.165) is 16.6 Å². The summed E-state index contributed by atoms with van der Waals surface area (Å²) in [6, 6.07) is 27.7. The van der Waals surface area contributed by atoms with Crippen LogP contribution in [-0.2, 0) is 20.9 Å². The molecule has 0 unspecified atom stereocenters. The second-order valence-electron chi connectivity index (χ2n) is 9.43. The lowest BCUT2D eigenvalue weighted by Crippen LogP contribution is -2.42. The van der Waals surface area contributed by atoms with Crippen molar-refractivity contribution in [3.05, 3.63) is 108 Å². The van der Waals surface area contributed by atoms with Crippen LogP contribution in [-0.4, -0.2) is 59.9 Å². The second-order valence-corrected chi connectivity index (χ2v) is 9.43. The van der Waals surface area contributed by atoms with Gasteiger partial charge >= 0.3 is 0 Å². The maximum Gasteiger partial charge on any atom is 0.292 e. The van der Waals surface area contributed by atoms with Crippen molar-refractivity contribution < 1.29 is 19.1 Å². The Balaban J connectivity index is 1.28. The zero-order valence-electron chi connectivity index (χ0n) is 21.2. The van der Waals surface area contributed by atoms with Crippen molar-refractivity contribution in [1.82, 2.24) is 14.8 Å². The van der Waals surface area contributed by atoms with Gasteiger partial charge in [-0.1, -0.05) is 78.9 Å². The summed E-state index contributed by atoms with van der Waals surface area (Å²) in [6.45, 7) is 2.62. The fourth-order valence-electron chi connectivity index (χ4n) is 5.05. The maximum absolute atomic E-state index is 13.2. The number of nitrogens with one attached hydrogen (secondary N) is 1. The number of nitrogens with zero attached hydrogens (tertiary/aromatic N) is 2. The Morgan fingerprint density at radius 3 is 2.08 bits per heavy atom. The number of aromatic nitrogens is 1. The van der Waals surface area contributed by atoms with Crippen molar-refractivity contribution in [3.63, 3.8) is 0 Å². The fraction of sp³-hybridized carbons (Fsp3) is 0.258. The first kappa shape index (κ1) is 25.4. The Kier molecular flexibility index (Phi) is 7.95. The molecule has 0 radical (unpaired) electrons. The highest BCUT2D eigenvalue weighted by Gasteiger charge is 2.24. The third-order valence-electron chi connectivity index (χ3n) is 7.03. The summed E-state index contributed by atoms with van der Waals surface area (Å²) < 4.78 is 7.10. The van der Waals surface area contributed by atoms with Gasteiger partial charge in [0.25, 0.3) is 11.7 Å². The van der Waals surface area contributed by atoms with Crippen LogP contribution in [0.15, 0.2) is 91.1 Å². The van der Waals surface area contributed by atoms with Gasteiger partial charge in [-0.05, 0) is 23.6 Å². The fourth-order valence-corrected chi connectivity index (χ4v) is 5.05. The van der Waals surface area contributed by atoms with Crippen molar-refractivity contribution in [3.8, 4) is 0 Å². The average molecular weight is 510 g/mol. The van der Waals surface area contributed by atoms with Gasteiger partial charge in [-0.3, -0.25) is 14.4 Å². The third-order valence-corrected chi connectivity index (χ3v) is 7.03. The van der Waals surface area contributed by atoms with Crippen LogP contribution in [0.25, 0.3) is 10.9 Å². The van der Waals surface area contributed by atoms with Gasteiger partial charge in [0.2, 0.25) is 5.91 Å². The number of Topliss-reactive ketones (excluding diaryl/α,β-unsaturated/α-hetero) is 1. The van der Waals surface area contributed by atoms with Crippen molar-refractivity contribution in [1.29, 1.82) is 0 Å². The van der Waals surface area contributed by atoms with Crippen molar-refractivity contribution in [2.24, 2.45) is 0 Å². The summed E-state index contributed by atoms with van der Waals surface area (Å²) in [5, 5.41) is 3.49. The smallest absolute Gasteiger partial charge is 0.292 e. The summed E-state index contributed by atoms with van der Waals surface area (Å²) >= 11 is 0. The number of amides is 2.